The van der Waals surface area contributed by atoms with Gasteiger partial charge < -0.3 is 9.67 Å². The highest BCUT2D eigenvalue weighted by molar-refractivity contribution is 6.30. The number of aliphatic hydroxyl groups is 1. The summed E-state index contributed by atoms with van der Waals surface area (Å²) in [5.74, 6) is 0. The van der Waals surface area contributed by atoms with E-state index in [4.69, 9.17) is 11.6 Å². The molecule has 0 spiro atoms. The maximum absolute atomic E-state index is 10.6. The lowest BCUT2D eigenvalue weighted by Gasteiger charge is -2.20. The molecule has 0 saturated heterocycles. The van der Waals surface area contributed by atoms with Gasteiger partial charge in [-0.25, -0.2) is 0 Å². The zero-order chi connectivity index (χ0) is 16.3. The van der Waals surface area contributed by atoms with Gasteiger partial charge in [-0.3, -0.25) is 19.7 Å². The lowest BCUT2D eigenvalue weighted by Crippen LogP contribution is -2.32. The van der Waals surface area contributed by atoms with E-state index in [1.807, 2.05) is 35.8 Å². The fourth-order valence-corrected chi connectivity index (χ4v) is 2.52. The van der Waals surface area contributed by atoms with Crippen molar-refractivity contribution in [3.05, 3.63) is 45.5 Å². The third-order valence-electron chi connectivity index (χ3n) is 3.26. The maximum Gasteiger partial charge on any atom is 0.306 e. The molecule has 8 nitrogen and oxygen atoms in total. The van der Waals surface area contributed by atoms with E-state index in [9.17, 15) is 15.2 Å². The molecule has 22 heavy (non-hydrogen) atoms. The van der Waals surface area contributed by atoms with Gasteiger partial charge in [0.1, 0.15) is 12.4 Å². The van der Waals surface area contributed by atoms with E-state index in [0.29, 0.717) is 18.1 Å². The van der Waals surface area contributed by atoms with Gasteiger partial charge in [0.05, 0.1) is 22.6 Å². The number of hydrogen-bond donors (Lipinski definition) is 1. The molecule has 2 rings (SSSR count). The van der Waals surface area contributed by atoms with Gasteiger partial charge in [0, 0.05) is 32.0 Å². The molecule has 0 amide bonds. The Balaban J connectivity index is 1.86. The van der Waals surface area contributed by atoms with Crippen molar-refractivity contribution in [1.29, 1.82) is 0 Å². The van der Waals surface area contributed by atoms with Crippen LogP contribution >= 0.6 is 11.6 Å². The van der Waals surface area contributed by atoms with E-state index in [1.165, 1.54) is 17.1 Å². The summed E-state index contributed by atoms with van der Waals surface area (Å²) in [6, 6.07) is 1.88. The van der Waals surface area contributed by atoms with Crippen LogP contribution in [0.3, 0.4) is 0 Å². The lowest BCUT2D eigenvalue weighted by atomic mass is 10.3. The average molecular weight is 328 g/mol. The Bertz CT molecular complexity index is 654. The summed E-state index contributed by atoms with van der Waals surface area (Å²) < 4.78 is 3.30. The van der Waals surface area contributed by atoms with Crippen LogP contribution in [-0.2, 0) is 20.1 Å². The van der Waals surface area contributed by atoms with Gasteiger partial charge in [-0.15, -0.1) is 0 Å². The Hall–Kier alpha value is -1.90. The van der Waals surface area contributed by atoms with E-state index in [0.717, 1.165) is 5.69 Å². The van der Waals surface area contributed by atoms with Crippen LogP contribution in [0.4, 0.5) is 5.69 Å². The fourth-order valence-electron chi connectivity index (χ4n) is 2.24. The summed E-state index contributed by atoms with van der Waals surface area (Å²) >= 11 is 5.93. The van der Waals surface area contributed by atoms with E-state index < -0.39 is 11.0 Å². The van der Waals surface area contributed by atoms with Crippen LogP contribution in [0.2, 0.25) is 5.02 Å². The van der Waals surface area contributed by atoms with Gasteiger partial charge >= 0.3 is 5.69 Å². The highest BCUT2D eigenvalue weighted by Gasteiger charge is 2.14. The maximum atomic E-state index is 10.6. The number of nitro groups is 1. The molecule has 0 aliphatic carbocycles. The smallest absolute Gasteiger partial charge is 0.306 e. The summed E-state index contributed by atoms with van der Waals surface area (Å²) in [6.45, 7) is 1.25. The van der Waals surface area contributed by atoms with Crippen LogP contribution in [0.25, 0.3) is 0 Å². The molecule has 0 aliphatic heterocycles. The van der Waals surface area contributed by atoms with Gasteiger partial charge in [-0.05, 0) is 13.1 Å². The topological polar surface area (TPSA) is 89.4 Å². The predicted molar refractivity (Wildman–Crippen MR) is 81.6 cm³/mol. The van der Waals surface area contributed by atoms with Crippen LogP contribution in [0.5, 0.6) is 0 Å². The van der Waals surface area contributed by atoms with Crippen LogP contribution < -0.4 is 0 Å². The van der Waals surface area contributed by atoms with E-state index in [-0.39, 0.29) is 12.2 Å². The Kier molecular flexibility index (Phi) is 5.17. The average Bonchev–Trinajstić information content (AvgIpc) is 2.96. The van der Waals surface area contributed by atoms with E-state index >= 15 is 0 Å². The molecule has 0 aliphatic rings. The Morgan fingerprint density at radius 3 is 2.82 bits per heavy atom. The molecule has 2 heterocycles. The number of aryl methyl sites for hydroxylation is 1. The number of hydrogen-bond acceptors (Lipinski definition) is 5. The van der Waals surface area contributed by atoms with Gasteiger partial charge in [0.15, 0.2) is 0 Å². The molecule has 0 saturated carbocycles. The number of nitrogens with zero attached hydrogens (tertiary/aromatic N) is 5. The van der Waals surface area contributed by atoms with E-state index in [1.54, 1.807) is 0 Å². The summed E-state index contributed by atoms with van der Waals surface area (Å²) in [7, 11) is 3.80. The first-order valence-electron chi connectivity index (χ1n) is 6.69. The third-order valence-corrected chi connectivity index (χ3v) is 3.46. The highest BCUT2D eigenvalue weighted by Crippen LogP contribution is 2.14. The largest absolute Gasteiger partial charge is 0.390 e. The first-order chi connectivity index (χ1) is 10.3. The van der Waals surface area contributed by atoms with Gasteiger partial charge in [0.25, 0.3) is 0 Å². The van der Waals surface area contributed by atoms with Crippen molar-refractivity contribution in [3.63, 3.8) is 0 Å². The Morgan fingerprint density at radius 2 is 2.27 bits per heavy atom. The summed E-state index contributed by atoms with van der Waals surface area (Å²) in [5, 5.41) is 25.2. The van der Waals surface area contributed by atoms with E-state index in [2.05, 4.69) is 5.10 Å². The quantitative estimate of drug-likeness (QED) is 0.611. The second kappa shape index (κ2) is 6.91. The molecule has 9 heteroatoms. The van der Waals surface area contributed by atoms with Gasteiger partial charge in [-0.1, -0.05) is 11.6 Å². The van der Waals surface area contributed by atoms with Crippen molar-refractivity contribution >= 4 is 17.3 Å². The normalized spacial score (nSPS) is 12.8. The molecule has 1 N–H and O–H groups in total. The molecule has 0 radical (unpaired) electrons. The third kappa shape index (κ3) is 4.30. The van der Waals surface area contributed by atoms with Crippen LogP contribution in [0.1, 0.15) is 5.69 Å². The minimum atomic E-state index is -0.680. The number of aliphatic hydroxyl groups excluding tert-OH is 1. The molecule has 0 fully saturated rings. The second-order valence-electron chi connectivity index (χ2n) is 5.29. The molecule has 2 aromatic heterocycles. The molecule has 0 bridgehead atoms. The summed E-state index contributed by atoms with van der Waals surface area (Å²) in [5.41, 5.74) is 0.952. The first-order valence-corrected chi connectivity index (χ1v) is 7.07. The lowest BCUT2D eigenvalue weighted by molar-refractivity contribution is -0.385. The zero-order valence-electron chi connectivity index (χ0n) is 12.4. The van der Waals surface area contributed by atoms with Crippen molar-refractivity contribution in [2.75, 3.05) is 13.6 Å². The predicted octanol–water partition coefficient (Wildman–Crippen LogP) is 1.28. The standard InChI is InChI=1S/C13H18ClN5O3/c1-16(6-11-3-10(14)5-17(11)2)8-13(20)9-18-7-12(4-15-18)19(21)22/h3-5,7,13,20H,6,8-9H2,1-2H3. The van der Waals surface area contributed by atoms with Gasteiger partial charge in [-0.2, -0.15) is 5.10 Å². The number of aromatic nitrogens is 3. The second-order valence-corrected chi connectivity index (χ2v) is 5.73. The highest BCUT2D eigenvalue weighted by atomic mass is 35.5. The molecule has 0 aromatic carbocycles. The summed E-state index contributed by atoms with van der Waals surface area (Å²) in [6.07, 6.45) is 3.62. The molecular weight excluding hydrogens is 310 g/mol. The molecule has 120 valence electrons. The van der Waals surface area contributed by atoms with Crippen molar-refractivity contribution < 1.29 is 10.0 Å². The monoisotopic (exact) mass is 327 g/mol. The SMILES string of the molecule is CN(Cc1cc(Cl)cn1C)CC(O)Cn1cc([N+](=O)[O-])cn1. The fraction of sp³-hybridized carbons (Fsp3) is 0.462. The Labute approximate surface area is 132 Å². The number of likely N-dealkylation sites (N-methyl/N-ethyl adjacent to an activating group) is 1. The van der Waals surface area contributed by atoms with Crippen molar-refractivity contribution in [2.24, 2.45) is 7.05 Å². The Morgan fingerprint density at radius 1 is 1.55 bits per heavy atom. The van der Waals surface area contributed by atoms with Crippen LogP contribution in [0, 0.1) is 10.1 Å². The molecule has 1 atom stereocenters. The van der Waals surface area contributed by atoms with Crippen molar-refractivity contribution in [3.8, 4) is 0 Å². The van der Waals surface area contributed by atoms with Gasteiger partial charge in [0.2, 0.25) is 0 Å². The first kappa shape index (κ1) is 16.5. The zero-order valence-corrected chi connectivity index (χ0v) is 13.1. The number of halogens is 1. The molecule has 1 unspecified atom stereocenters. The van der Waals surface area contributed by atoms with Crippen LogP contribution in [0.15, 0.2) is 24.7 Å². The minimum absolute atomic E-state index is 0.0843. The van der Waals surface area contributed by atoms with Crippen LogP contribution in [-0.4, -0.2) is 49.0 Å². The van der Waals surface area contributed by atoms with Crippen molar-refractivity contribution in [1.82, 2.24) is 19.2 Å². The van der Waals surface area contributed by atoms with Crippen molar-refractivity contribution in [2.45, 2.75) is 19.2 Å². The summed E-state index contributed by atoms with van der Waals surface area (Å²) in [4.78, 5) is 12.0. The number of rotatable bonds is 7. The molecular formula is C13H18ClN5O3. The molecule has 2 aromatic rings. The minimum Gasteiger partial charge on any atom is -0.390 e.